The number of hydrogen-bond donors (Lipinski definition) is 2. The third-order valence-electron chi connectivity index (χ3n) is 4.01. The van der Waals surface area contributed by atoms with E-state index >= 15 is 0 Å². The summed E-state index contributed by atoms with van der Waals surface area (Å²) in [4.78, 5) is 18.6. The molecule has 1 amide bonds. The molecule has 0 bridgehead atoms. The number of nitrogens with zero attached hydrogens (tertiary/aromatic N) is 2. The van der Waals surface area contributed by atoms with E-state index in [1.165, 1.54) is 6.42 Å². The Balaban J connectivity index is 2.17. The van der Waals surface area contributed by atoms with Gasteiger partial charge in [-0.3, -0.25) is 10.6 Å². The minimum atomic E-state index is 0.00877. The summed E-state index contributed by atoms with van der Waals surface area (Å²) in [6.07, 6.45) is 2.75. The Bertz CT molecular complexity index is 445. The van der Waals surface area contributed by atoms with Gasteiger partial charge in [-0.15, -0.1) is 0 Å². The molecule has 1 saturated heterocycles. The lowest BCUT2D eigenvalue weighted by atomic mass is 9.86. The minimum Gasteiger partial charge on any atom is -0.334 e. The highest BCUT2D eigenvalue weighted by atomic mass is 16.2. The number of nitrogens with two attached hydrogens (primary N) is 1. The van der Waals surface area contributed by atoms with E-state index in [1.807, 2.05) is 4.90 Å². The van der Waals surface area contributed by atoms with Crippen molar-refractivity contribution < 1.29 is 4.79 Å². The summed E-state index contributed by atoms with van der Waals surface area (Å²) < 4.78 is 0. The van der Waals surface area contributed by atoms with Crippen molar-refractivity contribution >= 4 is 11.6 Å². The van der Waals surface area contributed by atoms with Gasteiger partial charge in [-0.05, 0) is 37.3 Å². The molecule has 2 rings (SSSR count). The van der Waals surface area contributed by atoms with Crippen LogP contribution in [0, 0.1) is 11.8 Å². The van der Waals surface area contributed by atoms with Gasteiger partial charge in [0.2, 0.25) is 0 Å². The SMILES string of the molecule is CC1CC(C)C(C)N(C(=O)c2ccc(NN)cn2)C1. The molecule has 104 valence electrons. The molecule has 0 radical (unpaired) electrons. The summed E-state index contributed by atoms with van der Waals surface area (Å²) in [5, 5.41) is 0. The molecule has 1 aliphatic rings. The minimum absolute atomic E-state index is 0.00877. The molecule has 2 heterocycles. The van der Waals surface area contributed by atoms with Crippen LogP contribution in [0.3, 0.4) is 0 Å². The Hall–Kier alpha value is -1.62. The van der Waals surface area contributed by atoms with Crippen molar-refractivity contribution in [3.63, 3.8) is 0 Å². The first-order chi connectivity index (χ1) is 9.02. The number of hydrogen-bond acceptors (Lipinski definition) is 4. The molecule has 1 aromatic heterocycles. The second kappa shape index (κ2) is 5.57. The lowest BCUT2D eigenvalue weighted by Gasteiger charge is -2.40. The Morgan fingerprint density at radius 2 is 2.16 bits per heavy atom. The number of aromatic nitrogens is 1. The van der Waals surface area contributed by atoms with Crippen molar-refractivity contribution in [3.05, 3.63) is 24.0 Å². The van der Waals surface area contributed by atoms with E-state index in [9.17, 15) is 4.79 Å². The Morgan fingerprint density at radius 3 is 2.74 bits per heavy atom. The number of nitrogens with one attached hydrogen (secondary N) is 1. The van der Waals surface area contributed by atoms with Crippen molar-refractivity contribution in [3.8, 4) is 0 Å². The van der Waals surface area contributed by atoms with E-state index in [-0.39, 0.29) is 11.9 Å². The van der Waals surface area contributed by atoms with Crippen LogP contribution in [0.1, 0.15) is 37.7 Å². The molecular formula is C14H22N4O. The van der Waals surface area contributed by atoms with Gasteiger partial charge in [0.25, 0.3) is 5.91 Å². The monoisotopic (exact) mass is 262 g/mol. The van der Waals surface area contributed by atoms with Crippen LogP contribution >= 0.6 is 0 Å². The molecule has 0 aliphatic carbocycles. The molecule has 0 spiro atoms. The van der Waals surface area contributed by atoms with Gasteiger partial charge in [-0.25, -0.2) is 4.98 Å². The van der Waals surface area contributed by atoms with E-state index in [0.29, 0.717) is 23.2 Å². The van der Waals surface area contributed by atoms with Crippen molar-refractivity contribution in [1.29, 1.82) is 0 Å². The molecule has 0 aromatic carbocycles. The normalized spacial score (nSPS) is 27.2. The number of rotatable bonds is 2. The van der Waals surface area contributed by atoms with E-state index in [0.717, 1.165) is 6.54 Å². The fourth-order valence-electron chi connectivity index (χ4n) is 2.74. The van der Waals surface area contributed by atoms with Crippen LogP contribution in [-0.4, -0.2) is 28.4 Å². The first kappa shape index (κ1) is 13.8. The number of likely N-dealkylation sites (tertiary alicyclic amines) is 1. The third-order valence-corrected chi connectivity index (χ3v) is 4.01. The first-order valence-corrected chi connectivity index (χ1v) is 6.76. The predicted octanol–water partition coefficient (Wildman–Crippen LogP) is 1.87. The number of carbonyl (C=O) groups is 1. The summed E-state index contributed by atoms with van der Waals surface area (Å²) in [6.45, 7) is 7.32. The van der Waals surface area contributed by atoms with Crippen LogP contribution in [0.5, 0.6) is 0 Å². The highest BCUT2D eigenvalue weighted by Crippen LogP contribution is 2.27. The third kappa shape index (κ3) is 2.87. The van der Waals surface area contributed by atoms with Gasteiger partial charge in [0.1, 0.15) is 5.69 Å². The molecule has 3 N–H and O–H groups in total. The average Bonchev–Trinajstić information content (AvgIpc) is 2.42. The van der Waals surface area contributed by atoms with Crippen LogP contribution in [0.15, 0.2) is 18.3 Å². The number of piperidine rings is 1. The molecule has 5 nitrogen and oxygen atoms in total. The smallest absolute Gasteiger partial charge is 0.272 e. The fourth-order valence-corrected chi connectivity index (χ4v) is 2.74. The van der Waals surface area contributed by atoms with Gasteiger partial charge in [0, 0.05) is 12.6 Å². The summed E-state index contributed by atoms with van der Waals surface area (Å²) in [6, 6.07) is 3.74. The fraction of sp³-hybridized carbons (Fsp3) is 0.571. The number of amides is 1. The standard InChI is InChI=1S/C14H22N4O/c1-9-6-10(2)11(3)18(8-9)14(19)13-5-4-12(17-15)7-16-13/h4-5,7,9-11,17H,6,8,15H2,1-3H3. The number of anilines is 1. The van der Waals surface area contributed by atoms with Crippen LogP contribution in [0.4, 0.5) is 5.69 Å². The molecule has 1 aromatic rings. The number of pyridine rings is 1. The summed E-state index contributed by atoms with van der Waals surface area (Å²) in [7, 11) is 0. The average molecular weight is 262 g/mol. The Kier molecular flexibility index (Phi) is 4.04. The zero-order valence-corrected chi connectivity index (χ0v) is 11.8. The zero-order chi connectivity index (χ0) is 14.0. The maximum Gasteiger partial charge on any atom is 0.272 e. The van der Waals surface area contributed by atoms with Gasteiger partial charge in [0.05, 0.1) is 11.9 Å². The molecule has 19 heavy (non-hydrogen) atoms. The molecule has 3 unspecified atom stereocenters. The van der Waals surface area contributed by atoms with E-state index < -0.39 is 0 Å². The van der Waals surface area contributed by atoms with E-state index in [1.54, 1.807) is 18.3 Å². The van der Waals surface area contributed by atoms with Crippen LogP contribution in [-0.2, 0) is 0 Å². The molecule has 0 saturated carbocycles. The van der Waals surface area contributed by atoms with Crippen LogP contribution < -0.4 is 11.3 Å². The van der Waals surface area contributed by atoms with Crippen molar-refractivity contribution in [2.45, 2.75) is 33.2 Å². The lowest BCUT2D eigenvalue weighted by molar-refractivity contribution is 0.0450. The molecule has 1 aliphatic heterocycles. The number of carbonyl (C=O) groups excluding carboxylic acids is 1. The summed E-state index contributed by atoms with van der Waals surface area (Å²) in [5.41, 5.74) is 3.69. The summed E-state index contributed by atoms with van der Waals surface area (Å²) >= 11 is 0. The van der Waals surface area contributed by atoms with Crippen LogP contribution in [0.2, 0.25) is 0 Å². The predicted molar refractivity (Wildman–Crippen MR) is 75.5 cm³/mol. The summed E-state index contributed by atoms with van der Waals surface area (Å²) in [5.74, 6) is 6.37. The van der Waals surface area contributed by atoms with E-state index in [4.69, 9.17) is 5.84 Å². The molecule has 5 heteroatoms. The number of hydrazine groups is 1. The largest absolute Gasteiger partial charge is 0.334 e. The molecule has 3 atom stereocenters. The van der Waals surface area contributed by atoms with Crippen molar-refractivity contribution in [2.75, 3.05) is 12.0 Å². The second-order valence-corrected chi connectivity index (χ2v) is 5.59. The van der Waals surface area contributed by atoms with Crippen molar-refractivity contribution in [1.82, 2.24) is 9.88 Å². The van der Waals surface area contributed by atoms with Gasteiger partial charge in [-0.1, -0.05) is 13.8 Å². The van der Waals surface area contributed by atoms with Crippen LogP contribution in [0.25, 0.3) is 0 Å². The second-order valence-electron chi connectivity index (χ2n) is 5.59. The van der Waals surface area contributed by atoms with Gasteiger partial charge in [-0.2, -0.15) is 0 Å². The molecular weight excluding hydrogens is 240 g/mol. The van der Waals surface area contributed by atoms with Crippen molar-refractivity contribution in [2.24, 2.45) is 17.7 Å². The quantitative estimate of drug-likeness (QED) is 0.630. The lowest BCUT2D eigenvalue weighted by Crippen LogP contribution is -2.49. The van der Waals surface area contributed by atoms with Gasteiger partial charge < -0.3 is 10.3 Å². The maximum absolute atomic E-state index is 12.5. The highest BCUT2D eigenvalue weighted by Gasteiger charge is 2.32. The topological polar surface area (TPSA) is 71.2 Å². The first-order valence-electron chi connectivity index (χ1n) is 6.76. The van der Waals surface area contributed by atoms with Gasteiger partial charge in [0.15, 0.2) is 0 Å². The Morgan fingerprint density at radius 1 is 1.42 bits per heavy atom. The van der Waals surface area contributed by atoms with Gasteiger partial charge >= 0.3 is 0 Å². The van der Waals surface area contributed by atoms with E-state index in [2.05, 4.69) is 31.2 Å². The highest BCUT2D eigenvalue weighted by molar-refractivity contribution is 5.92. The zero-order valence-electron chi connectivity index (χ0n) is 11.8. The Labute approximate surface area is 114 Å². The maximum atomic E-state index is 12.5. The number of nitrogen functional groups attached to an aromatic ring is 1. The molecule has 1 fully saturated rings.